The first kappa shape index (κ1) is 22.5. The van der Waals surface area contributed by atoms with Gasteiger partial charge in [0.2, 0.25) is 0 Å². The fourth-order valence-electron chi connectivity index (χ4n) is 3.25. The van der Waals surface area contributed by atoms with E-state index in [0.717, 1.165) is 5.32 Å². The second-order valence-corrected chi connectivity index (χ2v) is 9.20. The molecule has 2 rings (SSSR count). The SMILES string of the molecule is CCOC(=O)C1=C(C[Se]CCN)NC(C)=C([N+](=O)[O-])C1C1=CC=CC(C)C1=S. The van der Waals surface area contributed by atoms with Crippen LogP contribution in [0.1, 0.15) is 20.8 Å². The molecule has 1 aliphatic carbocycles. The first-order chi connectivity index (χ1) is 13.3. The number of carbonyl (C=O) groups is 1. The summed E-state index contributed by atoms with van der Waals surface area (Å²) < 4.78 is 5.28. The topological polar surface area (TPSA) is 107 Å². The average molecular weight is 470 g/mol. The number of nitrogens with zero attached hydrogens (tertiary/aromatic N) is 1. The van der Waals surface area contributed by atoms with E-state index in [1.165, 1.54) is 0 Å². The predicted molar refractivity (Wildman–Crippen MR) is 113 cm³/mol. The molecule has 1 heterocycles. The molecule has 0 aromatic heterocycles. The third kappa shape index (κ3) is 4.78. The number of thiocarbonyl (C=S) groups is 1. The second kappa shape index (κ2) is 10.1. The van der Waals surface area contributed by atoms with Crippen molar-refractivity contribution >= 4 is 38.0 Å². The van der Waals surface area contributed by atoms with E-state index < -0.39 is 16.8 Å². The van der Waals surface area contributed by atoms with Gasteiger partial charge in [-0.1, -0.05) is 0 Å². The molecule has 0 radical (unpaired) electrons. The Hall–Kier alpha value is -1.80. The maximum atomic E-state index is 12.9. The molecule has 0 saturated heterocycles. The van der Waals surface area contributed by atoms with Gasteiger partial charge in [-0.05, 0) is 0 Å². The van der Waals surface area contributed by atoms with Gasteiger partial charge in [-0.3, -0.25) is 0 Å². The molecule has 152 valence electrons. The molecule has 3 N–H and O–H groups in total. The van der Waals surface area contributed by atoms with Gasteiger partial charge in [0, 0.05) is 0 Å². The summed E-state index contributed by atoms with van der Waals surface area (Å²) in [5, 5.41) is 16.5. The Balaban J connectivity index is 2.64. The molecule has 9 heteroatoms. The predicted octanol–water partition coefficient (Wildman–Crippen LogP) is 2.53. The molecule has 2 atom stereocenters. The van der Waals surface area contributed by atoms with Gasteiger partial charge in [-0.25, -0.2) is 0 Å². The number of nitro groups is 1. The van der Waals surface area contributed by atoms with Crippen LogP contribution in [0.25, 0.3) is 0 Å². The molecule has 0 fully saturated rings. The molecule has 2 aliphatic rings. The van der Waals surface area contributed by atoms with Gasteiger partial charge in [-0.2, -0.15) is 0 Å². The zero-order valence-corrected chi connectivity index (χ0v) is 18.7. The zero-order valence-electron chi connectivity index (χ0n) is 16.2. The Morgan fingerprint density at radius 2 is 2.21 bits per heavy atom. The van der Waals surface area contributed by atoms with Gasteiger partial charge in [-0.15, -0.1) is 0 Å². The van der Waals surface area contributed by atoms with Crippen LogP contribution in [-0.2, 0) is 9.53 Å². The summed E-state index contributed by atoms with van der Waals surface area (Å²) in [7, 11) is 0. The first-order valence-electron chi connectivity index (χ1n) is 9.06. The monoisotopic (exact) mass is 471 g/mol. The van der Waals surface area contributed by atoms with E-state index in [9.17, 15) is 14.9 Å². The summed E-state index contributed by atoms with van der Waals surface area (Å²) in [6, 6.07) is 0. The summed E-state index contributed by atoms with van der Waals surface area (Å²) in [4.78, 5) is 25.0. The number of ether oxygens (including phenoxy) is 1. The standard InChI is InChI=1S/C19H25N3O4SSe/c1-4-26-19(23)16-14(10-28-9-8-20)21-12(3)17(22(24)25)15(16)13-7-5-6-11(2)18(13)27/h5-7,11,15,21H,4,8-10,20H2,1-3H3. The van der Waals surface area contributed by atoms with Crippen molar-refractivity contribution in [3.8, 4) is 0 Å². The molecule has 0 amide bonds. The number of dihydropyridines is 1. The van der Waals surface area contributed by atoms with E-state index in [0.29, 0.717) is 33.7 Å². The number of hydrogen-bond acceptors (Lipinski definition) is 7. The van der Waals surface area contributed by atoms with Crippen LogP contribution in [0.2, 0.25) is 10.6 Å². The fourth-order valence-corrected chi connectivity index (χ4v) is 5.07. The summed E-state index contributed by atoms with van der Waals surface area (Å²) in [5.74, 6) is -1.43. The van der Waals surface area contributed by atoms with Crippen LogP contribution in [0.4, 0.5) is 0 Å². The van der Waals surface area contributed by atoms with Gasteiger partial charge >= 0.3 is 176 Å². The van der Waals surface area contributed by atoms with E-state index in [4.69, 9.17) is 22.7 Å². The van der Waals surface area contributed by atoms with Crippen molar-refractivity contribution in [3.05, 3.63) is 56.6 Å². The number of esters is 1. The molecule has 0 aromatic carbocycles. The summed E-state index contributed by atoms with van der Waals surface area (Å²) in [6.45, 7) is 6.07. The molecule has 1 aliphatic heterocycles. The molecule has 2 unspecified atom stereocenters. The maximum absolute atomic E-state index is 12.9. The van der Waals surface area contributed by atoms with Gasteiger partial charge in [0.15, 0.2) is 0 Å². The van der Waals surface area contributed by atoms with Crippen molar-refractivity contribution in [2.75, 3.05) is 13.2 Å². The molecule has 28 heavy (non-hydrogen) atoms. The minimum atomic E-state index is -0.848. The summed E-state index contributed by atoms with van der Waals surface area (Å²) in [5.41, 5.74) is 7.54. The molecular formula is C19H25N3O4SSe. The average Bonchev–Trinajstić information content (AvgIpc) is 2.63. The Kier molecular flexibility index (Phi) is 8.12. The van der Waals surface area contributed by atoms with E-state index in [2.05, 4.69) is 5.32 Å². The quantitative estimate of drug-likeness (QED) is 0.140. The normalized spacial score (nSPS) is 22.1. The molecule has 0 spiro atoms. The Morgan fingerprint density at radius 1 is 1.50 bits per heavy atom. The van der Waals surface area contributed by atoms with Crippen LogP contribution in [0, 0.1) is 22.0 Å². The van der Waals surface area contributed by atoms with Crippen LogP contribution in [-0.4, -0.2) is 43.9 Å². The fraction of sp³-hybridized carbons (Fsp3) is 0.474. The van der Waals surface area contributed by atoms with Crippen molar-refractivity contribution < 1.29 is 14.5 Å². The van der Waals surface area contributed by atoms with E-state index in [-0.39, 0.29) is 38.8 Å². The second-order valence-electron chi connectivity index (χ2n) is 6.44. The van der Waals surface area contributed by atoms with E-state index in [1.807, 2.05) is 19.1 Å². The third-order valence-electron chi connectivity index (χ3n) is 4.50. The van der Waals surface area contributed by atoms with Crippen molar-refractivity contribution in [2.45, 2.75) is 31.4 Å². The number of hydrogen-bond donors (Lipinski definition) is 2. The van der Waals surface area contributed by atoms with Crippen molar-refractivity contribution in [1.29, 1.82) is 0 Å². The van der Waals surface area contributed by atoms with Crippen LogP contribution in [0.5, 0.6) is 0 Å². The third-order valence-corrected chi connectivity index (χ3v) is 7.24. The van der Waals surface area contributed by atoms with Gasteiger partial charge < -0.3 is 0 Å². The minimum absolute atomic E-state index is 0.0356. The molecule has 0 saturated carbocycles. The van der Waals surface area contributed by atoms with Gasteiger partial charge in [0.1, 0.15) is 0 Å². The molecule has 0 bridgehead atoms. The number of nitrogens with one attached hydrogen (secondary N) is 1. The summed E-state index contributed by atoms with van der Waals surface area (Å²) >= 11 is 5.75. The van der Waals surface area contributed by atoms with Crippen LogP contribution >= 0.6 is 12.2 Å². The Bertz CT molecular complexity index is 801. The van der Waals surface area contributed by atoms with Gasteiger partial charge in [0.05, 0.1) is 0 Å². The van der Waals surface area contributed by atoms with Crippen molar-refractivity contribution in [3.63, 3.8) is 0 Å². The van der Waals surface area contributed by atoms with Crippen LogP contribution in [0.15, 0.2) is 46.5 Å². The van der Waals surface area contributed by atoms with Crippen LogP contribution < -0.4 is 11.1 Å². The molecular weight excluding hydrogens is 445 g/mol. The van der Waals surface area contributed by atoms with Crippen molar-refractivity contribution in [2.24, 2.45) is 17.6 Å². The molecule has 0 aromatic rings. The zero-order chi connectivity index (χ0) is 20.8. The van der Waals surface area contributed by atoms with Gasteiger partial charge in [0.25, 0.3) is 0 Å². The van der Waals surface area contributed by atoms with E-state index >= 15 is 0 Å². The van der Waals surface area contributed by atoms with Crippen LogP contribution in [0.3, 0.4) is 0 Å². The molecule has 7 nitrogen and oxygen atoms in total. The number of allylic oxidation sites excluding steroid dienone is 6. The Morgan fingerprint density at radius 3 is 2.82 bits per heavy atom. The Labute approximate surface area is 176 Å². The number of rotatable bonds is 8. The number of carbonyl (C=O) groups excluding carboxylic acids is 1. The van der Waals surface area contributed by atoms with Crippen molar-refractivity contribution in [1.82, 2.24) is 5.32 Å². The number of nitrogens with two attached hydrogens (primary N) is 1. The summed E-state index contributed by atoms with van der Waals surface area (Å²) in [6.07, 6.45) is 5.55. The van der Waals surface area contributed by atoms with E-state index in [1.54, 1.807) is 19.9 Å². The first-order valence-corrected chi connectivity index (χ1v) is 11.9.